The number of ether oxygens (including phenoxy) is 1. The summed E-state index contributed by atoms with van der Waals surface area (Å²) in [4.78, 5) is 18.4. The number of benzene rings is 1. The van der Waals surface area contributed by atoms with Crippen molar-refractivity contribution in [2.24, 2.45) is 0 Å². The maximum absolute atomic E-state index is 12.0. The van der Waals surface area contributed by atoms with Crippen molar-refractivity contribution in [3.05, 3.63) is 36.0 Å². The van der Waals surface area contributed by atoms with E-state index in [4.69, 9.17) is 4.74 Å². The first-order valence-electron chi connectivity index (χ1n) is 6.47. The van der Waals surface area contributed by atoms with E-state index in [1.54, 1.807) is 13.3 Å². The highest BCUT2D eigenvalue weighted by Gasteiger charge is 2.09. The molecule has 5 nitrogen and oxygen atoms in total. The third-order valence-electron chi connectivity index (χ3n) is 3.00. The number of hydrogen-bond donors (Lipinski definition) is 1. The van der Waals surface area contributed by atoms with Crippen molar-refractivity contribution in [3.63, 3.8) is 0 Å². The predicted molar refractivity (Wildman–Crippen MR) is 79.2 cm³/mol. The lowest BCUT2D eigenvalue weighted by molar-refractivity contribution is 0.0951. The lowest BCUT2D eigenvalue weighted by Gasteiger charge is -2.11. The maximum Gasteiger partial charge on any atom is 0.252 e. The molecule has 0 aliphatic rings. The molecule has 0 fully saturated rings. The lowest BCUT2D eigenvalue weighted by atomic mass is 10.1. The molecule has 0 saturated carbocycles. The van der Waals surface area contributed by atoms with Gasteiger partial charge in [-0.3, -0.25) is 9.78 Å². The van der Waals surface area contributed by atoms with E-state index in [0.717, 1.165) is 17.4 Å². The minimum absolute atomic E-state index is 0.107. The van der Waals surface area contributed by atoms with Crippen LogP contribution in [0, 0.1) is 0 Å². The molecule has 2 aromatic rings. The van der Waals surface area contributed by atoms with Crippen LogP contribution >= 0.6 is 0 Å². The highest BCUT2D eigenvalue weighted by molar-refractivity contribution is 5.98. The van der Waals surface area contributed by atoms with Crippen LogP contribution in [0.3, 0.4) is 0 Å². The molecule has 5 heteroatoms. The van der Waals surface area contributed by atoms with Crippen LogP contribution in [0.4, 0.5) is 0 Å². The van der Waals surface area contributed by atoms with E-state index >= 15 is 0 Å². The van der Waals surface area contributed by atoms with Crippen molar-refractivity contribution in [2.45, 2.75) is 0 Å². The van der Waals surface area contributed by atoms with E-state index in [1.165, 1.54) is 0 Å². The summed E-state index contributed by atoms with van der Waals surface area (Å²) in [6.45, 7) is 1.42. The van der Waals surface area contributed by atoms with E-state index in [-0.39, 0.29) is 5.91 Å². The second-order valence-electron chi connectivity index (χ2n) is 4.82. The highest BCUT2D eigenvalue weighted by atomic mass is 16.5. The zero-order valence-electron chi connectivity index (χ0n) is 12.0. The Hall–Kier alpha value is -2.14. The molecule has 0 bridgehead atoms. The Morgan fingerprint density at radius 3 is 2.90 bits per heavy atom. The summed E-state index contributed by atoms with van der Waals surface area (Å²) in [5.74, 6) is 0.603. The smallest absolute Gasteiger partial charge is 0.252 e. The fraction of sp³-hybridized carbons (Fsp3) is 0.333. The van der Waals surface area contributed by atoms with Gasteiger partial charge in [0.2, 0.25) is 0 Å². The second kappa shape index (κ2) is 6.34. The zero-order chi connectivity index (χ0) is 14.5. The molecule has 0 aliphatic heterocycles. The van der Waals surface area contributed by atoms with Crippen LogP contribution < -0.4 is 10.1 Å². The van der Waals surface area contributed by atoms with Crippen LogP contribution in [0.2, 0.25) is 0 Å². The lowest BCUT2D eigenvalue weighted by Crippen LogP contribution is -2.31. The number of amides is 1. The van der Waals surface area contributed by atoms with Gasteiger partial charge in [-0.2, -0.15) is 0 Å². The number of fused-ring (bicyclic) bond motifs is 1. The van der Waals surface area contributed by atoms with Crippen LogP contribution in [0.1, 0.15) is 10.4 Å². The third kappa shape index (κ3) is 3.24. The summed E-state index contributed by atoms with van der Waals surface area (Å²) in [6, 6.07) is 7.49. The number of hydrogen-bond acceptors (Lipinski definition) is 4. The standard InChI is InChI=1S/C15H19N3O2/c1-18(2)8-7-16-15(19)12-9-11-5-4-6-13(20-3)14(11)17-10-12/h4-6,9-10H,7-8H2,1-3H3,(H,16,19). The quantitative estimate of drug-likeness (QED) is 0.897. The Morgan fingerprint density at radius 2 is 2.20 bits per heavy atom. The van der Waals surface area contributed by atoms with Crippen LogP contribution in [0.25, 0.3) is 10.9 Å². The molecule has 0 aliphatic carbocycles. The molecular formula is C15H19N3O2. The molecule has 1 N–H and O–H groups in total. The Bertz CT molecular complexity index is 611. The number of para-hydroxylation sites is 1. The van der Waals surface area contributed by atoms with Gasteiger partial charge in [0, 0.05) is 24.7 Å². The van der Waals surface area contributed by atoms with E-state index in [9.17, 15) is 4.79 Å². The predicted octanol–water partition coefficient (Wildman–Crippen LogP) is 1.53. The van der Waals surface area contributed by atoms with E-state index in [0.29, 0.717) is 17.9 Å². The number of rotatable bonds is 5. The topological polar surface area (TPSA) is 54.5 Å². The van der Waals surface area contributed by atoms with Gasteiger partial charge in [0.05, 0.1) is 12.7 Å². The van der Waals surface area contributed by atoms with Gasteiger partial charge in [-0.1, -0.05) is 12.1 Å². The summed E-state index contributed by atoms with van der Waals surface area (Å²) in [5.41, 5.74) is 1.32. The normalized spacial score (nSPS) is 10.8. The molecule has 1 aromatic carbocycles. The number of carbonyl (C=O) groups is 1. The molecule has 106 valence electrons. The van der Waals surface area contributed by atoms with Crippen molar-refractivity contribution in [3.8, 4) is 5.75 Å². The van der Waals surface area contributed by atoms with E-state index in [1.807, 2.05) is 43.3 Å². The average Bonchev–Trinajstić information content (AvgIpc) is 2.45. The Balaban J connectivity index is 2.17. The maximum atomic E-state index is 12.0. The molecule has 0 atom stereocenters. The molecule has 0 unspecified atom stereocenters. The number of aromatic nitrogens is 1. The first kappa shape index (κ1) is 14.3. The number of nitrogens with zero attached hydrogens (tertiary/aromatic N) is 2. The van der Waals surface area contributed by atoms with Crippen molar-refractivity contribution < 1.29 is 9.53 Å². The summed E-state index contributed by atoms with van der Waals surface area (Å²) in [7, 11) is 5.55. The molecule has 0 spiro atoms. The van der Waals surface area contributed by atoms with Gasteiger partial charge in [-0.15, -0.1) is 0 Å². The molecule has 1 heterocycles. The van der Waals surface area contributed by atoms with Gasteiger partial charge >= 0.3 is 0 Å². The molecule has 1 amide bonds. The molecule has 20 heavy (non-hydrogen) atoms. The van der Waals surface area contributed by atoms with Crippen LogP contribution in [-0.2, 0) is 0 Å². The monoisotopic (exact) mass is 273 g/mol. The second-order valence-corrected chi connectivity index (χ2v) is 4.82. The van der Waals surface area contributed by atoms with Gasteiger partial charge in [0.15, 0.2) is 0 Å². The third-order valence-corrected chi connectivity index (χ3v) is 3.00. The molecular weight excluding hydrogens is 254 g/mol. The molecule has 0 saturated heterocycles. The van der Waals surface area contributed by atoms with Gasteiger partial charge in [0.25, 0.3) is 5.91 Å². The van der Waals surface area contributed by atoms with Gasteiger partial charge in [-0.25, -0.2) is 0 Å². The van der Waals surface area contributed by atoms with E-state index < -0.39 is 0 Å². The first-order chi connectivity index (χ1) is 9.61. The molecule has 2 rings (SSSR count). The number of nitrogens with one attached hydrogen (secondary N) is 1. The Labute approximate surface area is 118 Å². The summed E-state index contributed by atoms with van der Waals surface area (Å²) < 4.78 is 5.25. The summed E-state index contributed by atoms with van der Waals surface area (Å²) >= 11 is 0. The SMILES string of the molecule is COc1cccc2cc(C(=O)NCCN(C)C)cnc12. The van der Waals surface area contributed by atoms with E-state index in [2.05, 4.69) is 10.3 Å². The van der Waals surface area contributed by atoms with Crippen molar-refractivity contribution in [2.75, 3.05) is 34.3 Å². The number of likely N-dealkylation sites (N-methyl/N-ethyl adjacent to an activating group) is 1. The first-order valence-corrected chi connectivity index (χ1v) is 6.47. The minimum Gasteiger partial charge on any atom is -0.494 e. The fourth-order valence-electron chi connectivity index (χ4n) is 1.92. The number of methoxy groups -OCH3 is 1. The Morgan fingerprint density at radius 1 is 1.40 bits per heavy atom. The summed E-state index contributed by atoms with van der Waals surface area (Å²) in [6.07, 6.45) is 1.58. The van der Waals surface area contributed by atoms with Crippen LogP contribution in [0.5, 0.6) is 5.75 Å². The van der Waals surface area contributed by atoms with Gasteiger partial charge in [0.1, 0.15) is 11.3 Å². The Kier molecular flexibility index (Phi) is 4.53. The summed E-state index contributed by atoms with van der Waals surface area (Å²) in [5, 5.41) is 3.76. The van der Waals surface area contributed by atoms with Crippen molar-refractivity contribution in [1.29, 1.82) is 0 Å². The highest BCUT2D eigenvalue weighted by Crippen LogP contribution is 2.23. The molecule has 1 aromatic heterocycles. The number of carbonyl (C=O) groups excluding carboxylic acids is 1. The number of pyridine rings is 1. The van der Waals surface area contributed by atoms with Crippen LogP contribution in [0.15, 0.2) is 30.5 Å². The largest absolute Gasteiger partial charge is 0.494 e. The average molecular weight is 273 g/mol. The van der Waals surface area contributed by atoms with Crippen LogP contribution in [-0.4, -0.2) is 50.1 Å². The molecule has 0 radical (unpaired) electrons. The van der Waals surface area contributed by atoms with Crippen molar-refractivity contribution >= 4 is 16.8 Å². The van der Waals surface area contributed by atoms with Gasteiger partial charge < -0.3 is 15.0 Å². The van der Waals surface area contributed by atoms with Crippen molar-refractivity contribution in [1.82, 2.24) is 15.2 Å². The van der Waals surface area contributed by atoms with Gasteiger partial charge in [-0.05, 0) is 26.2 Å². The fourth-order valence-corrected chi connectivity index (χ4v) is 1.92. The zero-order valence-corrected chi connectivity index (χ0v) is 12.0. The minimum atomic E-state index is -0.107.